The summed E-state index contributed by atoms with van der Waals surface area (Å²) in [6.45, 7) is -1.21. The highest BCUT2D eigenvalue weighted by atomic mass is 19.2. The molecule has 1 aromatic rings. The molecule has 5 N–H and O–H groups in total. The number of benzene rings is 1. The normalized spacial score (nSPS) is 10.8. The van der Waals surface area contributed by atoms with Gasteiger partial charge in [0, 0.05) is 0 Å². The molecule has 0 atom stereocenters. The minimum Gasteiger partial charge on any atom is -0.394 e. The molecule has 8 heteroatoms. The first-order chi connectivity index (χ1) is 8.29. The van der Waals surface area contributed by atoms with E-state index >= 15 is 0 Å². The zero-order valence-corrected chi connectivity index (χ0v) is 9.83. The fraction of sp³-hybridized carbons (Fsp3) is 0.400. The van der Waals surface area contributed by atoms with E-state index in [1.165, 1.54) is 7.85 Å². The molecule has 1 rings (SSSR count). The molecular weight excluding hydrogens is 250 g/mol. The van der Waals surface area contributed by atoms with Gasteiger partial charge in [0.05, 0.1) is 25.4 Å². The zero-order chi connectivity index (χ0) is 14.3. The highest BCUT2D eigenvalue weighted by Gasteiger charge is 2.20. The van der Waals surface area contributed by atoms with Crippen LogP contribution in [0.5, 0.6) is 0 Å². The summed E-state index contributed by atoms with van der Waals surface area (Å²) in [6, 6.07) is 1.89. The maximum atomic E-state index is 12.2. The number of halogens is 3. The Morgan fingerprint density at radius 3 is 1.56 bits per heavy atom. The molecule has 0 saturated carbocycles. The van der Waals surface area contributed by atoms with Crippen LogP contribution in [-0.2, 0) is 0 Å². The number of rotatable bonds is 3. The van der Waals surface area contributed by atoms with Crippen molar-refractivity contribution in [2.45, 2.75) is 5.54 Å². The lowest BCUT2D eigenvalue weighted by molar-refractivity contribution is 0.0698. The van der Waals surface area contributed by atoms with E-state index in [2.05, 4.69) is 0 Å². The van der Waals surface area contributed by atoms with Gasteiger partial charge in [0.15, 0.2) is 17.5 Å². The lowest BCUT2D eigenvalue weighted by Crippen LogP contribution is -2.50. The average Bonchev–Trinajstić information content (AvgIpc) is 2.35. The molecule has 0 amide bonds. The summed E-state index contributed by atoms with van der Waals surface area (Å²) in [5.41, 5.74) is 4.31. The van der Waals surface area contributed by atoms with Crippen molar-refractivity contribution in [1.82, 2.24) is 0 Å². The van der Waals surface area contributed by atoms with E-state index in [9.17, 15) is 13.2 Å². The quantitative estimate of drug-likeness (QED) is 0.377. The molecule has 0 aliphatic rings. The molecule has 18 heavy (non-hydrogen) atoms. The van der Waals surface area contributed by atoms with E-state index in [1.807, 2.05) is 0 Å². The average molecular weight is 265 g/mol. The van der Waals surface area contributed by atoms with Crippen LogP contribution in [-0.4, -0.2) is 48.5 Å². The Balaban J connectivity index is 0.000000331. The van der Waals surface area contributed by atoms with E-state index in [4.69, 9.17) is 21.1 Å². The predicted octanol–water partition coefficient (Wildman–Crippen LogP) is -1.98. The first kappa shape index (κ1) is 16.9. The van der Waals surface area contributed by atoms with Crippen molar-refractivity contribution in [1.29, 1.82) is 0 Å². The molecule has 0 heterocycles. The topological polar surface area (TPSA) is 86.7 Å². The number of aliphatic hydroxyl groups excluding tert-OH is 3. The van der Waals surface area contributed by atoms with Crippen molar-refractivity contribution in [3.63, 3.8) is 0 Å². The van der Waals surface area contributed by atoms with E-state index in [0.717, 1.165) is 12.1 Å². The van der Waals surface area contributed by atoms with E-state index in [-0.39, 0.29) is 0 Å². The van der Waals surface area contributed by atoms with Crippen LogP contribution < -0.4 is 11.2 Å². The fourth-order valence-corrected chi connectivity index (χ4v) is 0.832. The van der Waals surface area contributed by atoms with Gasteiger partial charge in [-0.3, -0.25) is 0 Å². The number of nitrogens with two attached hydrogens (primary N) is 1. The van der Waals surface area contributed by atoms with E-state index < -0.39 is 42.8 Å². The summed E-state index contributed by atoms with van der Waals surface area (Å²) in [7, 11) is 1.49. The minimum atomic E-state index is -1.41. The van der Waals surface area contributed by atoms with Crippen LogP contribution in [0.2, 0.25) is 0 Å². The Hall–Kier alpha value is -1.09. The van der Waals surface area contributed by atoms with Crippen LogP contribution in [0.25, 0.3) is 0 Å². The maximum absolute atomic E-state index is 12.2. The third-order valence-corrected chi connectivity index (χ3v) is 2.07. The summed E-state index contributed by atoms with van der Waals surface area (Å²) in [5, 5.41) is 25.0. The van der Waals surface area contributed by atoms with E-state index in [1.54, 1.807) is 0 Å². The molecule has 0 radical (unpaired) electrons. The Morgan fingerprint density at radius 1 is 1.00 bits per heavy atom. The van der Waals surface area contributed by atoms with Crippen LogP contribution in [0, 0.1) is 17.5 Å². The van der Waals surface area contributed by atoms with Gasteiger partial charge in [0.2, 0.25) is 0 Å². The Kier molecular flexibility index (Phi) is 6.93. The predicted molar refractivity (Wildman–Crippen MR) is 62.7 cm³/mol. The second-order valence-electron chi connectivity index (χ2n) is 3.88. The van der Waals surface area contributed by atoms with E-state index in [0.29, 0.717) is 5.46 Å². The lowest BCUT2D eigenvalue weighted by Gasteiger charge is -2.20. The Bertz CT molecular complexity index is 357. The molecule has 0 aromatic heterocycles. The lowest BCUT2D eigenvalue weighted by atomic mass is 9.96. The van der Waals surface area contributed by atoms with Crippen molar-refractivity contribution < 1.29 is 28.5 Å². The molecule has 4 nitrogen and oxygen atoms in total. The van der Waals surface area contributed by atoms with Crippen molar-refractivity contribution in [2.75, 3.05) is 19.8 Å². The van der Waals surface area contributed by atoms with Gasteiger partial charge in [-0.05, 0) is 12.1 Å². The van der Waals surface area contributed by atoms with Gasteiger partial charge in [-0.15, -0.1) is 0 Å². The van der Waals surface area contributed by atoms with Crippen LogP contribution in [0.3, 0.4) is 0 Å². The Morgan fingerprint density at radius 2 is 1.33 bits per heavy atom. The van der Waals surface area contributed by atoms with Gasteiger partial charge in [-0.2, -0.15) is 0 Å². The summed E-state index contributed by atoms with van der Waals surface area (Å²) in [6.07, 6.45) is 0. The van der Waals surface area contributed by atoms with Gasteiger partial charge in [0.25, 0.3) is 0 Å². The number of hydrogen-bond acceptors (Lipinski definition) is 4. The molecule has 0 unspecified atom stereocenters. The third kappa shape index (κ3) is 5.05. The first-order valence-electron chi connectivity index (χ1n) is 5.02. The van der Waals surface area contributed by atoms with Gasteiger partial charge in [0.1, 0.15) is 7.85 Å². The fourth-order valence-electron chi connectivity index (χ4n) is 0.832. The highest BCUT2D eigenvalue weighted by Crippen LogP contribution is 2.06. The van der Waals surface area contributed by atoms with Gasteiger partial charge < -0.3 is 21.1 Å². The van der Waals surface area contributed by atoms with Crippen LogP contribution >= 0.6 is 0 Å². The number of aliphatic hydroxyl groups is 3. The minimum absolute atomic E-state index is 0.372. The van der Waals surface area contributed by atoms with Crippen molar-refractivity contribution in [3.05, 3.63) is 29.6 Å². The molecule has 1 aromatic carbocycles. The summed E-state index contributed by atoms with van der Waals surface area (Å²) in [4.78, 5) is 0. The maximum Gasteiger partial charge on any atom is 0.194 e. The number of hydrogen-bond donors (Lipinski definition) is 4. The highest BCUT2D eigenvalue weighted by molar-refractivity contribution is 6.32. The van der Waals surface area contributed by atoms with Crippen molar-refractivity contribution in [2.24, 2.45) is 5.73 Å². The molecule has 0 aliphatic carbocycles. The molecule has 0 spiro atoms. The third-order valence-electron chi connectivity index (χ3n) is 2.07. The largest absolute Gasteiger partial charge is 0.394 e. The summed E-state index contributed by atoms with van der Waals surface area (Å²) in [5.74, 6) is -3.69. The van der Waals surface area contributed by atoms with Crippen LogP contribution in [0.4, 0.5) is 13.2 Å². The second kappa shape index (κ2) is 7.37. The van der Waals surface area contributed by atoms with Crippen molar-refractivity contribution >= 4 is 13.3 Å². The standard InChI is InChI=1S/C6H4BF3.C4H11NO3/c7-3-1-4(8)6(10)5(9)2-3;5-4(1-6,2-7)3-8/h1-2H,7H2;6-8H,1-3,5H2. The van der Waals surface area contributed by atoms with Gasteiger partial charge >= 0.3 is 0 Å². The zero-order valence-electron chi connectivity index (χ0n) is 9.83. The van der Waals surface area contributed by atoms with Crippen LogP contribution in [0.1, 0.15) is 0 Å². The molecule has 102 valence electrons. The molecule has 0 bridgehead atoms. The molecule has 0 fully saturated rings. The summed E-state index contributed by atoms with van der Waals surface area (Å²) < 4.78 is 36.6. The van der Waals surface area contributed by atoms with Gasteiger partial charge in [-0.1, -0.05) is 5.46 Å². The Labute approximate surface area is 103 Å². The smallest absolute Gasteiger partial charge is 0.194 e. The first-order valence-corrected chi connectivity index (χ1v) is 5.02. The van der Waals surface area contributed by atoms with Crippen LogP contribution in [0.15, 0.2) is 12.1 Å². The molecule has 0 saturated heterocycles. The second-order valence-corrected chi connectivity index (χ2v) is 3.88. The summed E-state index contributed by atoms with van der Waals surface area (Å²) >= 11 is 0. The van der Waals surface area contributed by atoms with Crippen molar-refractivity contribution in [3.8, 4) is 0 Å². The molecule has 0 aliphatic heterocycles. The monoisotopic (exact) mass is 265 g/mol. The SMILES string of the molecule is Bc1cc(F)c(F)c(F)c1.NC(CO)(CO)CO. The van der Waals surface area contributed by atoms with Gasteiger partial charge in [-0.25, -0.2) is 13.2 Å². The molecular formula is C10H15BF3NO3.